The molecule has 1 aromatic heterocycles. The van der Waals surface area contributed by atoms with Gasteiger partial charge in [0.05, 0.1) is 19.0 Å². The van der Waals surface area contributed by atoms with Crippen LogP contribution in [0.3, 0.4) is 0 Å². The van der Waals surface area contributed by atoms with Crippen LogP contribution in [0.25, 0.3) is 10.9 Å². The molecule has 0 aliphatic carbocycles. The molecule has 2 heterocycles. The minimum atomic E-state index is -0.0522. The van der Waals surface area contributed by atoms with Gasteiger partial charge >= 0.3 is 0 Å². The van der Waals surface area contributed by atoms with Crippen molar-refractivity contribution in [3.05, 3.63) is 59.7 Å². The van der Waals surface area contributed by atoms with Crippen LogP contribution < -0.4 is 15.0 Å². The number of piperazine rings is 1. The Morgan fingerprint density at radius 2 is 1.90 bits per heavy atom. The number of benzene rings is 2. The first-order valence-corrected chi connectivity index (χ1v) is 10.9. The largest absolute Gasteiger partial charge is 0.497 e. The van der Waals surface area contributed by atoms with E-state index in [0.29, 0.717) is 6.42 Å². The van der Waals surface area contributed by atoms with Gasteiger partial charge in [0.25, 0.3) is 0 Å². The zero-order valence-corrected chi connectivity index (χ0v) is 18.5. The van der Waals surface area contributed by atoms with E-state index in [-0.39, 0.29) is 5.91 Å². The molecule has 1 N–H and O–H groups in total. The number of carbonyl (C=O) groups excluding carboxylic acids is 1. The van der Waals surface area contributed by atoms with Crippen molar-refractivity contribution in [1.82, 2.24) is 9.88 Å². The molecule has 1 aliphatic heterocycles. The molecule has 3 aromatic rings. The first-order valence-electron chi connectivity index (χ1n) is 10.9. The Morgan fingerprint density at radius 3 is 2.65 bits per heavy atom. The fourth-order valence-corrected chi connectivity index (χ4v) is 4.08. The number of aryl methyl sites for hydroxylation is 1. The SMILES string of the molecule is CCN1CCN(c2cc(C)c3cc(NC(=O)Cc4cccc(OC)c4)ccc3n2)CC1. The third-order valence-corrected chi connectivity index (χ3v) is 5.93. The number of ether oxygens (including phenoxy) is 1. The molecule has 0 saturated carbocycles. The van der Waals surface area contributed by atoms with E-state index in [1.54, 1.807) is 7.11 Å². The summed E-state index contributed by atoms with van der Waals surface area (Å²) in [4.78, 5) is 22.3. The standard InChI is InChI=1S/C25H30N4O2/c1-4-28-10-12-29(13-11-28)24-14-18(2)22-17-20(8-9-23(22)27-24)26-25(30)16-19-6-5-7-21(15-19)31-3/h5-9,14-15,17H,4,10-13,16H2,1-3H3,(H,26,30). The van der Waals surface area contributed by atoms with Crippen LogP contribution in [-0.2, 0) is 11.2 Å². The quantitative estimate of drug-likeness (QED) is 0.659. The summed E-state index contributed by atoms with van der Waals surface area (Å²) < 4.78 is 5.24. The van der Waals surface area contributed by atoms with E-state index in [4.69, 9.17) is 9.72 Å². The number of anilines is 2. The van der Waals surface area contributed by atoms with Gasteiger partial charge in [-0.2, -0.15) is 0 Å². The minimum absolute atomic E-state index is 0.0522. The van der Waals surface area contributed by atoms with E-state index in [1.165, 1.54) is 5.56 Å². The molecule has 1 aliphatic rings. The summed E-state index contributed by atoms with van der Waals surface area (Å²) in [5.41, 5.74) is 3.83. The van der Waals surface area contributed by atoms with Gasteiger partial charge in [-0.1, -0.05) is 19.1 Å². The van der Waals surface area contributed by atoms with Crippen LogP contribution in [0.15, 0.2) is 48.5 Å². The monoisotopic (exact) mass is 418 g/mol. The molecule has 4 rings (SSSR count). The maximum absolute atomic E-state index is 12.5. The molecule has 0 unspecified atom stereocenters. The molecule has 6 heteroatoms. The highest BCUT2D eigenvalue weighted by atomic mass is 16.5. The van der Waals surface area contributed by atoms with Gasteiger partial charge in [0, 0.05) is 37.3 Å². The Kier molecular flexibility index (Phi) is 6.37. The van der Waals surface area contributed by atoms with Crippen molar-refractivity contribution < 1.29 is 9.53 Å². The van der Waals surface area contributed by atoms with Crippen LogP contribution in [-0.4, -0.2) is 55.6 Å². The number of hydrogen-bond donors (Lipinski definition) is 1. The van der Waals surface area contributed by atoms with E-state index >= 15 is 0 Å². The van der Waals surface area contributed by atoms with Gasteiger partial charge in [-0.05, 0) is 61.0 Å². The fourth-order valence-electron chi connectivity index (χ4n) is 4.08. The minimum Gasteiger partial charge on any atom is -0.497 e. The number of amides is 1. The van der Waals surface area contributed by atoms with Gasteiger partial charge in [0.1, 0.15) is 11.6 Å². The lowest BCUT2D eigenvalue weighted by molar-refractivity contribution is -0.115. The second-order valence-electron chi connectivity index (χ2n) is 8.03. The lowest BCUT2D eigenvalue weighted by atomic mass is 10.1. The smallest absolute Gasteiger partial charge is 0.228 e. The lowest BCUT2D eigenvalue weighted by Gasteiger charge is -2.35. The summed E-state index contributed by atoms with van der Waals surface area (Å²) >= 11 is 0. The molecule has 0 atom stereocenters. The summed E-state index contributed by atoms with van der Waals surface area (Å²) in [5, 5.41) is 4.08. The van der Waals surface area contributed by atoms with Gasteiger partial charge in [-0.25, -0.2) is 4.98 Å². The predicted molar refractivity (Wildman–Crippen MR) is 126 cm³/mol. The first-order chi connectivity index (χ1) is 15.1. The number of methoxy groups -OCH3 is 1. The van der Waals surface area contributed by atoms with E-state index in [1.807, 2.05) is 42.5 Å². The van der Waals surface area contributed by atoms with Gasteiger partial charge in [-0.3, -0.25) is 4.79 Å². The van der Waals surface area contributed by atoms with Crippen molar-refractivity contribution in [3.63, 3.8) is 0 Å². The second-order valence-corrected chi connectivity index (χ2v) is 8.03. The number of carbonyl (C=O) groups is 1. The number of nitrogens with one attached hydrogen (secondary N) is 1. The van der Waals surface area contributed by atoms with Crippen molar-refractivity contribution in [2.24, 2.45) is 0 Å². The summed E-state index contributed by atoms with van der Waals surface area (Å²) in [6.07, 6.45) is 0.301. The molecule has 1 fully saturated rings. The number of pyridine rings is 1. The summed E-state index contributed by atoms with van der Waals surface area (Å²) in [6.45, 7) is 9.58. The highest BCUT2D eigenvalue weighted by molar-refractivity contribution is 5.95. The summed E-state index contributed by atoms with van der Waals surface area (Å²) in [5.74, 6) is 1.74. The molecular weight excluding hydrogens is 388 g/mol. The normalized spacial score (nSPS) is 14.6. The highest BCUT2D eigenvalue weighted by Crippen LogP contribution is 2.26. The van der Waals surface area contributed by atoms with Crippen molar-refractivity contribution >= 4 is 28.3 Å². The third-order valence-electron chi connectivity index (χ3n) is 5.93. The zero-order valence-electron chi connectivity index (χ0n) is 18.5. The number of fused-ring (bicyclic) bond motifs is 1. The van der Waals surface area contributed by atoms with Crippen molar-refractivity contribution in [2.75, 3.05) is 50.1 Å². The molecule has 0 spiro atoms. The molecule has 0 bridgehead atoms. The molecular formula is C25H30N4O2. The summed E-state index contributed by atoms with van der Waals surface area (Å²) in [6, 6.07) is 15.7. The average Bonchev–Trinajstić information content (AvgIpc) is 2.79. The topological polar surface area (TPSA) is 57.7 Å². The van der Waals surface area contributed by atoms with Gasteiger partial charge in [0.15, 0.2) is 0 Å². The number of aromatic nitrogens is 1. The van der Waals surface area contributed by atoms with E-state index in [2.05, 4.69) is 35.0 Å². The Bertz CT molecular complexity index is 1070. The number of hydrogen-bond acceptors (Lipinski definition) is 5. The van der Waals surface area contributed by atoms with Gasteiger partial charge in [-0.15, -0.1) is 0 Å². The van der Waals surface area contributed by atoms with E-state index in [0.717, 1.165) is 66.4 Å². The van der Waals surface area contributed by atoms with E-state index in [9.17, 15) is 4.79 Å². The molecule has 6 nitrogen and oxygen atoms in total. The molecule has 0 radical (unpaired) electrons. The maximum Gasteiger partial charge on any atom is 0.228 e. The lowest BCUT2D eigenvalue weighted by Crippen LogP contribution is -2.46. The molecule has 1 amide bonds. The molecule has 1 saturated heterocycles. The number of nitrogens with zero attached hydrogens (tertiary/aromatic N) is 3. The molecule has 2 aromatic carbocycles. The van der Waals surface area contributed by atoms with Crippen LogP contribution in [0.4, 0.5) is 11.5 Å². The van der Waals surface area contributed by atoms with Crippen LogP contribution in [0.5, 0.6) is 5.75 Å². The Hall–Kier alpha value is -3.12. The van der Waals surface area contributed by atoms with Crippen LogP contribution in [0, 0.1) is 6.92 Å². The summed E-state index contributed by atoms with van der Waals surface area (Å²) in [7, 11) is 1.63. The highest BCUT2D eigenvalue weighted by Gasteiger charge is 2.18. The maximum atomic E-state index is 12.5. The van der Waals surface area contributed by atoms with Gasteiger partial charge in [0.2, 0.25) is 5.91 Å². The fraction of sp³-hybridized carbons (Fsp3) is 0.360. The van der Waals surface area contributed by atoms with Crippen molar-refractivity contribution in [3.8, 4) is 5.75 Å². The van der Waals surface area contributed by atoms with Gasteiger partial charge < -0.3 is 19.9 Å². The predicted octanol–water partition coefficient (Wildman–Crippen LogP) is 3.87. The average molecular weight is 419 g/mol. The van der Waals surface area contributed by atoms with Crippen LogP contribution in [0.1, 0.15) is 18.1 Å². The molecule has 31 heavy (non-hydrogen) atoms. The first kappa shape index (κ1) is 21.1. The van der Waals surface area contributed by atoms with Crippen LogP contribution >= 0.6 is 0 Å². The van der Waals surface area contributed by atoms with Crippen LogP contribution in [0.2, 0.25) is 0 Å². The Balaban J connectivity index is 1.47. The zero-order chi connectivity index (χ0) is 21.8. The van der Waals surface area contributed by atoms with Crippen molar-refractivity contribution in [2.45, 2.75) is 20.3 Å². The van der Waals surface area contributed by atoms with E-state index < -0.39 is 0 Å². The second kappa shape index (κ2) is 9.35. The third kappa shape index (κ3) is 4.97. The molecule has 162 valence electrons. The number of rotatable bonds is 6. The van der Waals surface area contributed by atoms with Crippen molar-refractivity contribution in [1.29, 1.82) is 0 Å². The number of likely N-dealkylation sites (N-methyl/N-ethyl adjacent to an activating group) is 1. The Labute approximate surface area is 183 Å². The Morgan fingerprint density at radius 1 is 1.10 bits per heavy atom.